The molecule has 41 heavy (non-hydrogen) atoms. The van der Waals surface area contributed by atoms with E-state index in [0.717, 1.165) is 16.3 Å². The predicted octanol–water partition coefficient (Wildman–Crippen LogP) is 5.57. The highest BCUT2D eigenvalue weighted by molar-refractivity contribution is 7.92. The van der Waals surface area contributed by atoms with Gasteiger partial charge >= 0.3 is 0 Å². The van der Waals surface area contributed by atoms with Crippen LogP contribution in [0.3, 0.4) is 0 Å². The topological polar surface area (TPSA) is 96.0 Å². The van der Waals surface area contributed by atoms with Crippen molar-refractivity contribution in [2.45, 2.75) is 64.1 Å². The zero-order valence-corrected chi connectivity index (χ0v) is 25.7. The van der Waals surface area contributed by atoms with Gasteiger partial charge in [0.1, 0.15) is 18.3 Å². The number of rotatable bonds is 13. The summed E-state index contributed by atoms with van der Waals surface area (Å²) in [6.07, 6.45) is 1.04. The lowest BCUT2D eigenvalue weighted by Crippen LogP contribution is -2.53. The summed E-state index contributed by atoms with van der Waals surface area (Å²) < 4.78 is 34.6. The van der Waals surface area contributed by atoms with Crippen LogP contribution in [0.25, 0.3) is 0 Å². The molecule has 0 aliphatic carbocycles. The molecule has 0 aliphatic rings. The largest absolute Gasteiger partial charge is 0.495 e. The van der Waals surface area contributed by atoms with Gasteiger partial charge in [-0.3, -0.25) is 13.9 Å². The number of amides is 2. The molecule has 220 valence electrons. The number of hydrogen-bond acceptors (Lipinski definition) is 5. The van der Waals surface area contributed by atoms with Crippen LogP contribution in [0.5, 0.6) is 5.75 Å². The summed E-state index contributed by atoms with van der Waals surface area (Å²) in [5.41, 5.74) is 1.65. The van der Waals surface area contributed by atoms with Crippen LogP contribution in [0.1, 0.15) is 44.7 Å². The van der Waals surface area contributed by atoms with Crippen molar-refractivity contribution >= 4 is 39.1 Å². The molecule has 3 aromatic carbocycles. The maximum Gasteiger partial charge on any atom is 0.264 e. The van der Waals surface area contributed by atoms with Crippen molar-refractivity contribution in [1.82, 2.24) is 10.2 Å². The normalized spacial score (nSPS) is 12.7. The lowest BCUT2D eigenvalue weighted by Gasteiger charge is -2.34. The van der Waals surface area contributed by atoms with E-state index in [1.807, 2.05) is 27.7 Å². The Labute approximate surface area is 248 Å². The lowest BCUT2D eigenvalue weighted by molar-refractivity contribution is -0.140. The minimum atomic E-state index is -4.21. The van der Waals surface area contributed by atoms with Crippen LogP contribution in [-0.4, -0.2) is 50.9 Å². The zero-order valence-electron chi connectivity index (χ0n) is 24.1. The first-order valence-corrected chi connectivity index (χ1v) is 15.4. The first kappa shape index (κ1) is 32.0. The molecule has 2 atom stereocenters. The van der Waals surface area contributed by atoms with Gasteiger partial charge in [0.25, 0.3) is 10.0 Å². The average molecular weight is 600 g/mol. The summed E-state index contributed by atoms with van der Waals surface area (Å²) in [6, 6.07) is 19.2. The van der Waals surface area contributed by atoms with Gasteiger partial charge in [0.15, 0.2) is 0 Å². The number of nitrogens with one attached hydrogen (secondary N) is 1. The number of hydrogen-bond donors (Lipinski definition) is 1. The van der Waals surface area contributed by atoms with Gasteiger partial charge in [-0.15, -0.1) is 0 Å². The fraction of sp³-hybridized carbons (Fsp3) is 0.355. The van der Waals surface area contributed by atoms with Crippen molar-refractivity contribution in [3.8, 4) is 5.75 Å². The number of halogens is 1. The summed E-state index contributed by atoms with van der Waals surface area (Å²) in [5, 5.41) is 3.41. The van der Waals surface area contributed by atoms with Crippen molar-refractivity contribution in [1.29, 1.82) is 0 Å². The Bertz CT molecular complexity index is 1450. The maximum atomic E-state index is 14.2. The van der Waals surface area contributed by atoms with E-state index >= 15 is 0 Å². The summed E-state index contributed by atoms with van der Waals surface area (Å²) >= 11 is 6.46. The van der Waals surface area contributed by atoms with E-state index in [0.29, 0.717) is 22.8 Å². The fourth-order valence-corrected chi connectivity index (χ4v) is 6.03. The molecule has 10 heteroatoms. The smallest absolute Gasteiger partial charge is 0.264 e. The molecule has 0 saturated carbocycles. The molecule has 2 amide bonds. The molecule has 0 radical (unpaired) electrons. The second-order valence-corrected chi connectivity index (χ2v) is 12.1. The Morgan fingerprint density at radius 3 is 2.24 bits per heavy atom. The summed E-state index contributed by atoms with van der Waals surface area (Å²) in [7, 11) is -2.77. The summed E-state index contributed by atoms with van der Waals surface area (Å²) in [5.74, 6) is -0.575. The van der Waals surface area contributed by atoms with E-state index in [1.165, 1.54) is 24.1 Å². The van der Waals surface area contributed by atoms with Crippen LogP contribution in [0.2, 0.25) is 5.02 Å². The highest BCUT2D eigenvalue weighted by atomic mass is 35.5. The van der Waals surface area contributed by atoms with Gasteiger partial charge in [0.2, 0.25) is 11.8 Å². The molecule has 0 bridgehead atoms. The van der Waals surface area contributed by atoms with E-state index in [1.54, 1.807) is 60.7 Å². The minimum absolute atomic E-state index is 0.0229. The van der Waals surface area contributed by atoms with Crippen molar-refractivity contribution in [3.05, 3.63) is 88.9 Å². The number of sulfonamides is 1. The monoisotopic (exact) mass is 599 g/mol. The average Bonchev–Trinajstić information content (AvgIpc) is 2.96. The number of nitrogens with zero attached hydrogens (tertiary/aromatic N) is 2. The Balaban J connectivity index is 2.13. The van der Waals surface area contributed by atoms with Gasteiger partial charge in [0, 0.05) is 17.6 Å². The molecular weight excluding hydrogens is 562 g/mol. The van der Waals surface area contributed by atoms with Crippen molar-refractivity contribution in [2.24, 2.45) is 0 Å². The third kappa shape index (κ3) is 7.80. The number of carbonyl (C=O) groups is 2. The molecule has 0 heterocycles. The molecule has 3 rings (SSSR count). The molecule has 1 N–H and O–H groups in total. The Morgan fingerprint density at radius 1 is 0.976 bits per heavy atom. The van der Waals surface area contributed by atoms with Gasteiger partial charge < -0.3 is 15.0 Å². The maximum absolute atomic E-state index is 14.2. The van der Waals surface area contributed by atoms with Gasteiger partial charge in [-0.2, -0.15) is 0 Å². The Morgan fingerprint density at radius 2 is 1.63 bits per heavy atom. The number of ether oxygens (including phenoxy) is 1. The highest BCUT2D eigenvalue weighted by Crippen LogP contribution is 2.34. The lowest BCUT2D eigenvalue weighted by atomic mass is 10.1. The van der Waals surface area contributed by atoms with Crippen molar-refractivity contribution in [2.75, 3.05) is 18.0 Å². The van der Waals surface area contributed by atoms with E-state index in [-0.39, 0.29) is 29.1 Å². The first-order chi connectivity index (χ1) is 19.5. The van der Waals surface area contributed by atoms with Crippen LogP contribution in [0.4, 0.5) is 5.69 Å². The number of methoxy groups -OCH3 is 1. The Hall–Kier alpha value is -3.56. The highest BCUT2D eigenvalue weighted by Gasteiger charge is 2.35. The molecule has 8 nitrogen and oxygen atoms in total. The number of aryl methyl sites for hydroxylation is 1. The minimum Gasteiger partial charge on any atom is -0.495 e. The second-order valence-electron chi connectivity index (χ2n) is 9.86. The van der Waals surface area contributed by atoms with Gasteiger partial charge in [-0.05, 0) is 68.1 Å². The van der Waals surface area contributed by atoms with Crippen molar-refractivity contribution in [3.63, 3.8) is 0 Å². The standard InChI is InChI=1S/C31H38ClN3O5S/c1-6-23(4)33-31(37)27(7-2)34(20-24-13-11-12-16-26(24)32)30(36)21-35(28-19-22(3)17-18-29(28)40-5)41(38,39)25-14-9-8-10-15-25/h8-19,23,27H,6-7,20-21H2,1-5H3,(H,33,37)/t23-,27+/m1/s1. The number of carbonyl (C=O) groups excluding carboxylic acids is 2. The fourth-order valence-electron chi connectivity index (χ4n) is 4.40. The predicted molar refractivity (Wildman–Crippen MR) is 163 cm³/mol. The van der Waals surface area contributed by atoms with Crippen LogP contribution in [0, 0.1) is 6.92 Å². The number of anilines is 1. The summed E-state index contributed by atoms with van der Waals surface area (Å²) in [4.78, 5) is 29.1. The molecule has 0 spiro atoms. The SMILES string of the molecule is CC[C@@H](C)NC(=O)[C@H](CC)N(Cc1ccccc1Cl)C(=O)CN(c1cc(C)ccc1OC)S(=O)(=O)c1ccccc1. The quantitative estimate of drug-likeness (QED) is 0.277. The molecule has 0 saturated heterocycles. The van der Waals surface area contributed by atoms with Crippen LogP contribution >= 0.6 is 11.6 Å². The van der Waals surface area contributed by atoms with E-state index in [4.69, 9.17) is 16.3 Å². The Kier molecular flexibility index (Phi) is 11.2. The molecule has 0 aromatic heterocycles. The number of benzene rings is 3. The van der Waals surface area contributed by atoms with E-state index in [9.17, 15) is 18.0 Å². The second kappa shape index (κ2) is 14.4. The third-order valence-corrected chi connectivity index (χ3v) is 9.04. The molecule has 0 unspecified atom stereocenters. The van der Waals surface area contributed by atoms with Crippen molar-refractivity contribution < 1.29 is 22.7 Å². The van der Waals surface area contributed by atoms with Gasteiger partial charge in [-0.25, -0.2) is 8.42 Å². The van der Waals surface area contributed by atoms with Gasteiger partial charge in [-0.1, -0.05) is 67.9 Å². The molecular formula is C31H38ClN3O5S. The third-order valence-electron chi connectivity index (χ3n) is 6.90. The zero-order chi connectivity index (χ0) is 30.2. The van der Waals surface area contributed by atoms with Crippen LogP contribution in [0.15, 0.2) is 77.7 Å². The molecule has 0 fully saturated rings. The first-order valence-electron chi connectivity index (χ1n) is 13.6. The van der Waals surface area contributed by atoms with Crippen LogP contribution in [-0.2, 0) is 26.2 Å². The van der Waals surface area contributed by atoms with Gasteiger partial charge in [0.05, 0.1) is 17.7 Å². The summed E-state index contributed by atoms with van der Waals surface area (Å²) in [6.45, 7) is 6.96. The molecule has 3 aromatic rings. The van der Waals surface area contributed by atoms with E-state index in [2.05, 4.69) is 5.32 Å². The molecule has 0 aliphatic heterocycles. The van der Waals surface area contributed by atoms with E-state index < -0.39 is 28.5 Å². The van der Waals surface area contributed by atoms with Crippen LogP contribution < -0.4 is 14.4 Å².